The molecule has 3 rings (SSSR count). The van der Waals surface area contributed by atoms with Crippen molar-refractivity contribution >= 4 is 6.21 Å². The largest absolute Gasteiger partial charge is 0.435 e. The summed E-state index contributed by atoms with van der Waals surface area (Å²) in [5, 5.41) is 0. The molecule has 0 radical (unpaired) electrons. The topological polar surface area (TPSA) is 12.2 Å². The molecule has 2 heteroatoms. The Morgan fingerprint density at radius 2 is 1.81 bits per heavy atom. The molecule has 2 aromatic rings. The first-order valence-corrected chi connectivity index (χ1v) is 7.37. The molecule has 0 amide bonds. The second-order valence-corrected chi connectivity index (χ2v) is 6.38. The predicted octanol–water partition coefficient (Wildman–Crippen LogP) is 3.73. The van der Waals surface area contributed by atoms with Crippen molar-refractivity contribution in [3.8, 4) is 5.75 Å². The van der Waals surface area contributed by atoms with E-state index >= 15 is 0 Å². The molecule has 2 nitrogen and oxygen atoms in total. The van der Waals surface area contributed by atoms with Gasteiger partial charge >= 0.3 is 0 Å². The van der Waals surface area contributed by atoms with Crippen molar-refractivity contribution in [1.29, 1.82) is 0 Å². The van der Waals surface area contributed by atoms with E-state index in [0.29, 0.717) is 6.73 Å². The molecule has 0 saturated carbocycles. The third-order valence-electron chi connectivity index (χ3n) is 4.20. The summed E-state index contributed by atoms with van der Waals surface area (Å²) in [4.78, 5) is 0. The van der Waals surface area contributed by atoms with Crippen LogP contribution < -0.4 is 4.74 Å². The van der Waals surface area contributed by atoms with Crippen LogP contribution in [0.2, 0.25) is 0 Å². The maximum Gasteiger partial charge on any atom is 0.286 e. The van der Waals surface area contributed by atoms with E-state index < -0.39 is 0 Å². The number of fused-ring (bicyclic) bond motifs is 1. The lowest BCUT2D eigenvalue weighted by molar-refractivity contribution is -0.528. The zero-order valence-corrected chi connectivity index (χ0v) is 13.2. The van der Waals surface area contributed by atoms with Crippen LogP contribution in [0.4, 0.5) is 0 Å². The maximum absolute atomic E-state index is 6.02. The number of hydrogen-bond acceptors (Lipinski definition) is 1. The van der Waals surface area contributed by atoms with E-state index in [4.69, 9.17) is 4.74 Å². The quantitative estimate of drug-likeness (QED) is 0.763. The fraction of sp³-hybridized carbons (Fsp3) is 0.316. The molecular weight excluding hydrogens is 258 g/mol. The molecule has 21 heavy (non-hydrogen) atoms. The fourth-order valence-electron chi connectivity index (χ4n) is 2.97. The van der Waals surface area contributed by atoms with Crippen LogP contribution in [-0.2, 0) is 5.41 Å². The van der Waals surface area contributed by atoms with Crippen LogP contribution in [0.15, 0.2) is 42.5 Å². The Hall–Kier alpha value is -2.09. The van der Waals surface area contributed by atoms with Gasteiger partial charge in [0.15, 0.2) is 6.21 Å². The summed E-state index contributed by atoms with van der Waals surface area (Å²) in [6.45, 7) is 7.28. The van der Waals surface area contributed by atoms with E-state index in [9.17, 15) is 0 Å². The summed E-state index contributed by atoms with van der Waals surface area (Å²) in [6, 6.07) is 15.1. The van der Waals surface area contributed by atoms with Crippen molar-refractivity contribution in [2.75, 3.05) is 13.8 Å². The molecule has 1 aliphatic rings. The number of benzene rings is 2. The number of aryl methyl sites for hydroxylation is 1. The van der Waals surface area contributed by atoms with Crippen LogP contribution in [-0.4, -0.2) is 24.6 Å². The average Bonchev–Trinajstić information content (AvgIpc) is 2.46. The van der Waals surface area contributed by atoms with Crippen molar-refractivity contribution < 1.29 is 9.31 Å². The molecule has 2 aromatic carbocycles. The second-order valence-electron chi connectivity index (χ2n) is 6.38. The van der Waals surface area contributed by atoms with E-state index in [2.05, 4.69) is 74.0 Å². The zero-order valence-electron chi connectivity index (χ0n) is 13.2. The highest BCUT2D eigenvalue weighted by atomic mass is 16.5. The van der Waals surface area contributed by atoms with E-state index in [-0.39, 0.29) is 5.41 Å². The normalized spacial score (nSPS) is 14.2. The van der Waals surface area contributed by atoms with Crippen molar-refractivity contribution in [3.05, 3.63) is 64.7 Å². The van der Waals surface area contributed by atoms with Gasteiger partial charge in [-0.3, -0.25) is 0 Å². The van der Waals surface area contributed by atoms with E-state index in [1.165, 1.54) is 22.3 Å². The molecule has 108 valence electrons. The van der Waals surface area contributed by atoms with Gasteiger partial charge in [0, 0.05) is 11.0 Å². The summed E-state index contributed by atoms with van der Waals surface area (Å²) in [5.74, 6) is 1.02. The fourth-order valence-corrected chi connectivity index (χ4v) is 2.97. The van der Waals surface area contributed by atoms with Crippen LogP contribution in [0, 0.1) is 6.92 Å². The number of nitrogens with zero attached hydrogens (tertiary/aromatic N) is 1. The van der Waals surface area contributed by atoms with Crippen LogP contribution >= 0.6 is 0 Å². The van der Waals surface area contributed by atoms with Gasteiger partial charge in [0.05, 0.1) is 5.56 Å². The molecule has 0 fully saturated rings. The van der Waals surface area contributed by atoms with Crippen LogP contribution in [0.1, 0.15) is 36.1 Å². The molecular formula is C19H22NO+. The predicted molar refractivity (Wildman–Crippen MR) is 86.6 cm³/mol. The summed E-state index contributed by atoms with van der Waals surface area (Å²) in [7, 11) is 2.04. The highest BCUT2D eigenvalue weighted by Gasteiger charge is 2.30. The maximum atomic E-state index is 6.02. The Bertz CT molecular complexity index is 699. The van der Waals surface area contributed by atoms with Crippen molar-refractivity contribution in [1.82, 2.24) is 0 Å². The third-order valence-corrected chi connectivity index (χ3v) is 4.20. The first-order valence-electron chi connectivity index (χ1n) is 7.37. The minimum absolute atomic E-state index is 0.0822. The lowest BCUT2D eigenvalue weighted by Crippen LogP contribution is -2.26. The molecule has 0 bridgehead atoms. The van der Waals surface area contributed by atoms with Crippen molar-refractivity contribution in [3.63, 3.8) is 0 Å². The van der Waals surface area contributed by atoms with E-state index in [1.807, 2.05) is 7.05 Å². The van der Waals surface area contributed by atoms with Gasteiger partial charge in [-0.2, -0.15) is 0 Å². The minimum Gasteiger partial charge on any atom is -0.435 e. The first kappa shape index (κ1) is 13.9. The number of ether oxygens (including phenoxy) is 1. The van der Waals surface area contributed by atoms with Gasteiger partial charge in [0.25, 0.3) is 6.73 Å². The van der Waals surface area contributed by atoms with Crippen molar-refractivity contribution in [2.24, 2.45) is 0 Å². The summed E-state index contributed by atoms with van der Waals surface area (Å²) in [6.07, 6.45) is 2.16. The smallest absolute Gasteiger partial charge is 0.286 e. The summed E-state index contributed by atoms with van der Waals surface area (Å²) in [5.41, 5.74) is 4.92. The Balaban J connectivity index is 2.19. The Kier molecular flexibility index (Phi) is 3.32. The Morgan fingerprint density at radius 3 is 2.52 bits per heavy atom. The third kappa shape index (κ3) is 2.46. The van der Waals surface area contributed by atoms with Gasteiger partial charge in [0.2, 0.25) is 0 Å². The molecule has 0 spiro atoms. The monoisotopic (exact) mass is 280 g/mol. The van der Waals surface area contributed by atoms with E-state index in [1.54, 1.807) is 0 Å². The highest BCUT2D eigenvalue weighted by molar-refractivity contribution is 5.82. The molecule has 1 heterocycles. The number of rotatable bonds is 2. The van der Waals surface area contributed by atoms with Gasteiger partial charge in [-0.15, -0.1) is 0 Å². The lowest BCUT2D eigenvalue weighted by Gasteiger charge is -2.30. The van der Waals surface area contributed by atoms with Crippen LogP contribution in [0.3, 0.4) is 0 Å². The van der Waals surface area contributed by atoms with Gasteiger partial charge < -0.3 is 4.74 Å². The average molecular weight is 280 g/mol. The Morgan fingerprint density at radius 1 is 1.10 bits per heavy atom. The molecule has 0 saturated heterocycles. The molecule has 0 unspecified atom stereocenters. The standard InChI is InChI=1S/C19H22NO/c1-14-10-15-12-20(4)13-21-18(15)17(11-14)19(2,3)16-8-6-5-7-9-16/h5-12H,13H2,1-4H3/q+1. The van der Waals surface area contributed by atoms with Gasteiger partial charge in [-0.25, -0.2) is 4.58 Å². The van der Waals surface area contributed by atoms with Gasteiger partial charge in [-0.05, 0) is 24.1 Å². The number of hydrogen-bond donors (Lipinski definition) is 0. The Labute approximate surface area is 126 Å². The molecule has 0 atom stereocenters. The minimum atomic E-state index is -0.0822. The van der Waals surface area contributed by atoms with Gasteiger partial charge in [-0.1, -0.05) is 50.2 Å². The van der Waals surface area contributed by atoms with Crippen molar-refractivity contribution in [2.45, 2.75) is 26.2 Å². The second kappa shape index (κ2) is 5.03. The summed E-state index contributed by atoms with van der Waals surface area (Å²) >= 11 is 0. The first-order chi connectivity index (χ1) is 9.98. The highest BCUT2D eigenvalue weighted by Crippen LogP contribution is 2.40. The lowest BCUT2D eigenvalue weighted by atomic mass is 9.76. The van der Waals surface area contributed by atoms with E-state index in [0.717, 1.165) is 5.75 Å². The molecule has 0 aromatic heterocycles. The van der Waals surface area contributed by atoms with Crippen LogP contribution in [0.5, 0.6) is 5.75 Å². The zero-order chi connectivity index (χ0) is 15.0. The molecule has 1 aliphatic heterocycles. The SMILES string of the molecule is Cc1cc2c(c(C(C)(C)c3ccccc3)c1)OC[N+](C)=C2. The molecule has 0 N–H and O–H groups in total. The van der Waals surface area contributed by atoms with Crippen LogP contribution in [0.25, 0.3) is 0 Å². The summed E-state index contributed by atoms with van der Waals surface area (Å²) < 4.78 is 8.09. The van der Waals surface area contributed by atoms with Gasteiger partial charge in [0.1, 0.15) is 12.8 Å². The molecule has 0 aliphatic carbocycles.